The van der Waals surface area contributed by atoms with Crippen LogP contribution in [0.15, 0.2) is 60.7 Å². The summed E-state index contributed by atoms with van der Waals surface area (Å²) < 4.78 is 0. The van der Waals surface area contributed by atoms with Crippen LogP contribution in [0.5, 0.6) is 0 Å². The fraction of sp³-hybridized carbons (Fsp3) is 0.350. The normalized spacial score (nSPS) is 15.8. The second kappa shape index (κ2) is 8.50. The van der Waals surface area contributed by atoms with Gasteiger partial charge in [0.25, 0.3) is 0 Å². The minimum Gasteiger partial charge on any atom is -0.382 e. The van der Waals surface area contributed by atoms with E-state index in [1.54, 1.807) is 0 Å². The first-order chi connectivity index (χ1) is 11.8. The summed E-state index contributed by atoms with van der Waals surface area (Å²) in [6.45, 7) is 2.92. The van der Waals surface area contributed by atoms with Crippen molar-refractivity contribution in [3.05, 3.63) is 60.7 Å². The summed E-state index contributed by atoms with van der Waals surface area (Å²) in [5, 5.41) is 6.54. The highest BCUT2D eigenvalue weighted by molar-refractivity contribution is 5.90. The summed E-state index contributed by atoms with van der Waals surface area (Å²) in [6.07, 6.45) is 2.79. The number of rotatable bonds is 6. The number of hydrogen-bond acceptors (Lipinski definition) is 3. The van der Waals surface area contributed by atoms with Crippen LogP contribution in [0.4, 0.5) is 11.4 Å². The molecule has 0 aliphatic carbocycles. The van der Waals surface area contributed by atoms with E-state index in [0.29, 0.717) is 12.5 Å². The predicted molar refractivity (Wildman–Crippen MR) is 99.2 cm³/mol. The molecule has 126 valence electrons. The lowest BCUT2D eigenvalue weighted by molar-refractivity contribution is -0.116. The average molecular weight is 323 g/mol. The van der Waals surface area contributed by atoms with Gasteiger partial charge in [0.05, 0.1) is 0 Å². The Morgan fingerprint density at radius 1 is 0.917 bits per heavy atom. The molecule has 0 radical (unpaired) electrons. The van der Waals surface area contributed by atoms with Crippen LogP contribution in [0.25, 0.3) is 0 Å². The Hall–Kier alpha value is -2.33. The van der Waals surface area contributed by atoms with Crippen LogP contribution < -0.4 is 10.6 Å². The monoisotopic (exact) mass is 323 g/mol. The van der Waals surface area contributed by atoms with Crippen LogP contribution in [-0.4, -0.2) is 36.5 Å². The maximum absolute atomic E-state index is 12.0. The molecule has 1 amide bonds. The van der Waals surface area contributed by atoms with Crippen molar-refractivity contribution in [2.45, 2.75) is 25.3 Å². The number of nitrogens with one attached hydrogen (secondary N) is 2. The Morgan fingerprint density at radius 3 is 2.12 bits per heavy atom. The summed E-state index contributed by atoms with van der Waals surface area (Å²) >= 11 is 0. The number of carbonyl (C=O) groups is 1. The van der Waals surface area contributed by atoms with E-state index < -0.39 is 0 Å². The number of amides is 1. The fourth-order valence-corrected chi connectivity index (χ4v) is 3.08. The van der Waals surface area contributed by atoms with Gasteiger partial charge in [0, 0.05) is 43.5 Å². The minimum atomic E-state index is 0.0886. The van der Waals surface area contributed by atoms with Crippen LogP contribution >= 0.6 is 0 Å². The third kappa shape index (κ3) is 5.10. The molecule has 0 unspecified atom stereocenters. The Balaban J connectivity index is 1.36. The van der Waals surface area contributed by atoms with E-state index in [-0.39, 0.29) is 5.91 Å². The van der Waals surface area contributed by atoms with Crippen molar-refractivity contribution in [2.75, 3.05) is 30.3 Å². The summed E-state index contributed by atoms with van der Waals surface area (Å²) in [4.78, 5) is 14.4. The van der Waals surface area contributed by atoms with E-state index in [1.165, 1.54) is 5.69 Å². The molecule has 1 fully saturated rings. The lowest BCUT2D eigenvalue weighted by Gasteiger charge is -2.32. The van der Waals surface area contributed by atoms with Gasteiger partial charge in [-0.1, -0.05) is 36.4 Å². The largest absolute Gasteiger partial charge is 0.382 e. The number of para-hydroxylation sites is 2. The molecule has 0 saturated carbocycles. The molecule has 2 N–H and O–H groups in total. The van der Waals surface area contributed by atoms with Crippen molar-refractivity contribution in [3.8, 4) is 0 Å². The number of nitrogens with zero attached hydrogens (tertiary/aromatic N) is 1. The van der Waals surface area contributed by atoms with E-state index in [2.05, 4.69) is 39.8 Å². The Kier molecular flexibility index (Phi) is 5.85. The zero-order valence-corrected chi connectivity index (χ0v) is 13.9. The second-order valence-electron chi connectivity index (χ2n) is 6.29. The second-order valence-corrected chi connectivity index (χ2v) is 6.29. The molecule has 4 nitrogen and oxygen atoms in total. The molecule has 4 heteroatoms. The molecule has 0 aromatic heterocycles. The zero-order valence-electron chi connectivity index (χ0n) is 13.9. The van der Waals surface area contributed by atoms with Crippen LogP contribution in [-0.2, 0) is 4.79 Å². The molecule has 3 rings (SSSR count). The fourth-order valence-electron chi connectivity index (χ4n) is 3.08. The topological polar surface area (TPSA) is 44.4 Å². The zero-order chi connectivity index (χ0) is 16.6. The van der Waals surface area contributed by atoms with Gasteiger partial charge < -0.3 is 15.5 Å². The predicted octanol–water partition coefficient (Wildman–Crippen LogP) is 3.59. The minimum absolute atomic E-state index is 0.0886. The highest BCUT2D eigenvalue weighted by Crippen LogP contribution is 2.16. The van der Waals surface area contributed by atoms with Gasteiger partial charge >= 0.3 is 0 Å². The first-order valence-electron chi connectivity index (χ1n) is 8.68. The van der Waals surface area contributed by atoms with Crippen molar-refractivity contribution in [2.24, 2.45) is 0 Å². The van der Waals surface area contributed by atoms with E-state index in [9.17, 15) is 4.79 Å². The van der Waals surface area contributed by atoms with Gasteiger partial charge in [0.1, 0.15) is 0 Å². The van der Waals surface area contributed by atoms with Gasteiger partial charge in [0.15, 0.2) is 0 Å². The maximum atomic E-state index is 12.0. The number of anilines is 2. The van der Waals surface area contributed by atoms with Crippen molar-refractivity contribution >= 4 is 17.3 Å². The molecule has 24 heavy (non-hydrogen) atoms. The summed E-state index contributed by atoms with van der Waals surface area (Å²) in [6, 6.07) is 20.5. The molecule has 1 heterocycles. The van der Waals surface area contributed by atoms with E-state index in [4.69, 9.17) is 0 Å². The number of carbonyl (C=O) groups excluding carboxylic acids is 1. The molecule has 2 aromatic rings. The van der Waals surface area contributed by atoms with Crippen LogP contribution in [0.2, 0.25) is 0 Å². The first kappa shape index (κ1) is 16.5. The third-order valence-electron chi connectivity index (χ3n) is 4.44. The molecule has 1 aliphatic rings. The number of hydrogen-bond donors (Lipinski definition) is 2. The third-order valence-corrected chi connectivity index (χ3v) is 4.44. The Morgan fingerprint density at radius 2 is 1.50 bits per heavy atom. The van der Waals surface area contributed by atoms with E-state index in [1.807, 2.05) is 36.4 Å². The van der Waals surface area contributed by atoms with Crippen molar-refractivity contribution < 1.29 is 4.79 Å². The average Bonchev–Trinajstić information content (AvgIpc) is 2.63. The van der Waals surface area contributed by atoms with Gasteiger partial charge in [-0.05, 0) is 37.1 Å². The standard InChI is InChI=1S/C20H25N3O/c24-20(22-18-9-5-2-6-10-18)13-16-23-14-11-19(12-15-23)21-17-7-3-1-4-8-17/h1-10,19,21H,11-16H2,(H,22,24). The summed E-state index contributed by atoms with van der Waals surface area (Å²) in [7, 11) is 0. The Labute approximate surface area is 143 Å². The molecule has 0 atom stereocenters. The lowest BCUT2D eigenvalue weighted by Crippen LogP contribution is -2.40. The highest BCUT2D eigenvalue weighted by Gasteiger charge is 2.19. The van der Waals surface area contributed by atoms with Crippen molar-refractivity contribution in [1.82, 2.24) is 4.90 Å². The summed E-state index contributed by atoms with van der Waals surface area (Å²) in [5.41, 5.74) is 2.06. The van der Waals surface area contributed by atoms with Gasteiger partial charge in [0.2, 0.25) is 5.91 Å². The van der Waals surface area contributed by atoms with Gasteiger partial charge in [-0.15, -0.1) is 0 Å². The highest BCUT2D eigenvalue weighted by atomic mass is 16.1. The Bertz CT molecular complexity index is 622. The number of benzene rings is 2. The first-order valence-corrected chi connectivity index (χ1v) is 8.68. The smallest absolute Gasteiger partial charge is 0.225 e. The maximum Gasteiger partial charge on any atom is 0.225 e. The molecule has 1 aliphatic heterocycles. The van der Waals surface area contributed by atoms with Crippen LogP contribution in [0.1, 0.15) is 19.3 Å². The number of likely N-dealkylation sites (tertiary alicyclic amines) is 1. The van der Waals surface area contributed by atoms with Crippen LogP contribution in [0.3, 0.4) is 0 Å². The molecule has 1 saturated heterocycles. The van der Waals surface area contributed by atoms with Crippen molar-refractivity contribution in [1.29, 1.82) is 0 Å². The van der Waals surface area contributed by atoms with E-state index >= 15 is 0 Å². The molecular formula is C20H25N3O. The number of piperidine rings is 1. The van der Waals surface area contributed by atoms with Crippen molar-refractivity contribution in [3.63, 3.8) is 0 Å². The van der Waals surface area contributed by atoms with Gasteiger partial charge in [-0.2, -0.15) is 0 Å². The SMILES string of the molecule is O=C(CCN1CCC(Nc2ccccc2)CC1)Nc1ccccc1. The van der Waals surface area contributed by atoms with Gasteiger partial charge in [-0.25, -0.2) is 0 Å². The molecule has 0 spiro atoms. The molecule has 0 bridgehead atoms. The molecular weight excluding hydrogens is 298 g/mol. The van der Waals surface area contributed by atoms with Gasteiger partial charge in [-0.3, -0.25) is 4.79 Å². The van der Waals surface area contributed by atoms with E-state index in [0.717, 1.165) is 38.2 Å². The quantitative estimate of drug-likeness (QED) is 0.854. The molecule has 2 aromatic carbocycles. The van der Waals surface area contributed by atoms with Crippen LogP contribution in [0, 0.1) is 0 Å². The summed E-state index contributed by atoms with van der Waals surface area (Å²) in [5.74, 6) is 0.0886. The lowest BCUT2D eigenvalue weighted by atomic mass is 10.0.